The minimum absolute atomic E-state index is 0.444. The van der Waals surface area contributed by atoms with Crippen molar-refractivity contribution in [2.75, 3.05) is 0 Å². The van der Waals surface area contributed by atoms with E-state index in [4.69, 9.17) is 34.8 Å². The van der Waals surface area contributed by atoms with Crippen LogP contribution in [0.3, 0.4) is 0 Å². The summed E-state index contributed by atoms with van der Waals surface area (Å²) in [6, 6.07) is 5.15. The average molecular weight is 266 g/mol. The van der Waals surface area contributed by atoms with Crippen molar-refractivity contribution in [1.29, 1.82) is 0 Å². The van der Waals surface area contributed by atoms with Gasteiger partial charge in [-0.05, 0) is 37.1 Å². The summed E-state index contributed by atoms with van der Waals surface area (Å²) in [5, 5.41) is 0.502. The SMILES string of the molecule is CCC(C)(C(=O)Cl)c1c(Cl)cccc1Cl. The van der Waals surface area contributed by atoms with Crippen LogP contribution in [0, 0.1) is 0 Å². The third-order valence-corrected chi connectivity index (χ3v) is 3.70. The van der Waals surface area contributed by atoms with Crippen molar-refractivity contribution in [3.05, 3.63) is 33.8 Å². The molecular weight excluding hydrogens is 254 g/mol. The molecule has 0 fully saturated rings. The van der Waals surface area contributed by atoms with Crippen molar-refractivity contribution in [2.45, 2.75) is 25.7 Å². The van der Waals surface area contributed by atoms with Gasteiger partial charge in [0, 0.05) is 15.6 Å². The molecule has 0 N–H and O–H groups in total. The molecule has 0 spiro atoms. The number of carbonyl (C=O) groups is 1. The standard InChI is InChI=1S/C11H11Cl3O/c1-3-11(2,10(14)15)9-7(12)5-4-6-8(9)13/h4-6H,3H2,1-2H3. The molecule has 0 bridgehead atoms. The largest absolute Gasteiger partial charge is 0.280 e. The van der Waals surface area contributed by atoms with Crippen LogP contribution in [-0.2, 0) is 10.2 Å². The molecule has 1 rings (SSSR count). The van der Waals surface area contributed by atoms with E-state index in [0.29, 0.717) is 22.0 Å². The summed E-state index contributed by atoms with van der Waals surface area (Å²) in [7, 11) is 0. The van der Waals surface area contributed by atoms with Gasteiger partial charge in [-0.25, -0.2) is 0 Å². The van der Waals surface area contributed by atoms with E-state index in [9.17, 15) is 4.79 Å². The molecule has 15 heavy (non-hydrogen) atoms. The molecule has 0 aliphatic rings. The molecular formula is C11H11Cl3O. The van der Waals surface area contributed by atoms with Crippen LogP contribution in [0.1, 0.15) is 25.8 Å². The number of carbonyl (C=O) groups excluding carboxylic acids is 1. The summed E-state index contributed by atoms with van der Waals surface area (Å²) in [4.78, 5) is 11.4. The van der Waals surface area contributed by atoms with Gasteiger partial charge >= 0.3 is 0 Å². The molecule has 0 aromatic heterocycles. The highest BCUT2D eigenvalue weighted by Gasteiger charge is 2.35. The number of hydrogen-bond donors (Lipinski definition) is 0. The van der Waals surface area contributed by atoms with Gasteiger partial charge in [-0.3, -0.25) is 4.79 Å². The maximum atomic E-state index is 11.4. The Hall–Kier alpha value is -0.240. The maximum Gasteiger partial charge on any atom is 0.232 e. The highest BCUT2D eigenvalue weighted by molar-refractivity contribution is 6.65. The van der Waals surface area contributed by atoms with E-state index in [-0.39, 0.29) is 0 Å². The van der Waals surface area contributed by atoms with Crippen molar-refractivity contribution < 1.29 is 4.79 Å². The minimum atomic E-state index is -0.822. The van der Waals surface area contributed by atoms with E-state index in [1.807, 2.05) is 6.92 Å². The Labute approximate surface area is 104 Å². The first-order valence-electron chi connectivity index (χ1n) is 4.58. The molecule has 4 heteroatoms. The first-order valence-corrected chi connectivity index (χ1v) is 5.71. The van der Waals surface area contributed by atoms with Crippen molar-refractivity contribution in [3.63, 3.8) is 0 Å². The van der Waals surface area contributed by atoms with E-state index in [1.165, 1.54) is 0 Å². The molecule has 1 unspecified atom stereocenters. The fourth-order valence-electron chi connectivity index (χ4n) is 1.44. The van der Waals surface area contributed by atoms with Crippen LogP contribution in [0.5, 0.6) is 0 Å². The molecule has 1 nitrogen and oxygen atoms in total. The van der Waals surface area contributed by atoms with Gasteiger partial charge in [0.1, 0.15) is 0 Å². The zero-order chi connectivity index (χ0) is 11.6. The molecule has 0 aliphatic heterocycles. The molecule has 1 atom stereocenters. The van der Waals surface area contributed by atoms with Gasteiger partial charge in [0.05, 0.1) is 5.41 Å². The molecule has 0 aliphatic carbocycles. The Kier molecular flexibility index (Phi) is 4.05. The van der Waals surface area contributed by atoms with E-state index in [1.54, 1.807) is 25.1 Å². The fraction of sp³-hybridized carbons (Fsp3) is 0.364. The molecule has 0 radical (unpaired) electrons. The van der Waals surface area contributed by atoms with E-state index >= 15 is 0 Å². The van der Waals surface area contributed by atoms with Gasteiger partial charge in [-0.2, -0.15) is 0 Å². The van der Waals surface area contributed by atoms with Crippen LogP contribution in [-0.4, -0.2) is 5.24 Å². The van der Waals surface area contributed by atoms with Gasteiger partial charge < -0.3 is 0 Å². The smallest absolute Gasteiger partial charge is 0.232 e. The molecule has 0 heterocycles. The van der Waals surface area contributed by atoms with Crippen molar-refractivity contribution >= 4 is 40.0 Å². The molecule has 82 valence electrons. The summed E-state index contributed by atoms with van der Waals surface area (Å²) >= 11 is 17.7. The molecule has 0 saturated carbocycles. The van der Waals surface area contributed by atoms with Crippen LogP contribution in [0.15, 0.2) is 18.2 Å². The second kappa shape index (κ2) is 4.73. The van der Waals surface area contributed by atoms with Gasteiger partial charge in [0.25, 0.3) is 0 Å². The molecule has 0 amide bonds. The van der Waals surface area contributed by atoms with Crippen LogP contribution in [0.4, 0.5) is 0 Å². The minimum Gasteiger partial charge on any atom is -0.280 e. The second-order valence-corrected chi connectivity index (χ2v) is 4.71. The van der Waals surface area contributed by atoms with Crippen LogP contribution in [0.2, 0.25) is 10.0 Å². The summed E-state index contributed by atoms with van der Waals surface area (Å²) in [5.41, 5.74) is -0.215. The zero-order valence-electron chi connectivity index (χ0n) is 8.48. The number of rotatable bonds is 3. The molecule has 1 aromatic rings. The van der Waals surface area contributed by atoms with Crippen molar-refractivity contribution in [3.8, 4) is 0 Å². The second-order valence-electron chi connectivity index (χ2n) is 3.56. The topological polar surface area (TPSA) is 17.1 Å². The summed E-state index contributed by atoms with van der Waals surface area (Å²) in [5.74, 6) is 0. The Bertz CT molecular complexity index is 369. The predicted molar refractivity (Wildman–Crippen MR) is 65.0 cm³/mol. The fourth-order valence-corrected chi connectivity index (χ4v) is 2.48. The maximum absolute atomic E-state index is 11.4. The average Bonchev–Trinajstić information content (AvgIpc) is 2.16. The summed E-state index contributed by atoms with van der Waals surface area (Å²) in [6.45, 7) is 3.62. The van der Waals surface area contributed by atoms with E-state index in [2.05, 4.69) is 0 Å². The van der Waals surface area contributed by atoms with Gasteiger partial charge in [-0.1, -0.05) is 36.2 Å². The Morgan fingerprint density at radius 3 is 2.13 bits per heavy atom. The van der Waals surface area contributed by atoms with Gasteiger partial charge in [-0.15, -0.1) is 0 Å². The van der Waals surface area contributed by atoms with E-state index < -0.39 is 10.7 Å². The zero-order valence-corrected chi connectivity index (χ0v) is 10.7. The number of hydrogen-bond acceptors (Lipinski definition) is 1. The lowest BCUT2D eigenvalue weighted by Gasteiger charge is -2.26. The van der Waals surface area contributed by atoms with Crippen LogP contribution < -0.4 is 0 Å². The number of benzene rings is 1. The van der Waals surface area contributed by atoms with Crippen molar-refractivity contribution in [1.82, 2.24) is 0 Å². The lowest BCUT2D eigenvalue weighted by Crippen LogP contribution is -2.29. The highest BCUT2D eigenvalue weighted by atomic mass is 35.5. The summed E-state index contributed by atoms with van der Waals surface area (Å²) in [6.07, 6.45) is 0.554. The van der Waals surface area contributed by atoms with Crippen LogP contribution in [0.25, 0.3) is 0 Å². The lowest BCUT2D eigenvalue weighted by atomic mass is 9.81. The molecule has 0 saturated heterocycles. The van der Waals surface area contributed by atoms with Gasteiger partial charge in [0.2, 0.25) is 5.24 Å². The highest BCUT2D eigenvalue weighted by Crippen LogP contribution is 2.39. The first kappa shape index (κ1) is 12.8. The Balaban J connectivity index is 3.42. The van der Waals surface area contributed by atoms with Crippen molar-refractivity contribution in [2.24, 2.45) is 0 Å². The Morgan fingerprint density at radius 1 is 1.33 bits per heavy atom. The Morgan fingerprint density at radius 2 is 1.80 bits per heavy atom. The van der Waals surface area contributed by atoms with Gasteiger partial charge in [0.15, 0.2) is 0 Å². The van der Waals surface area contributed by atoms with E-state index in [0.717, 1.165) is 0 Å². The third kappa shape index (κ3) is 2.30. The molecule has 1 aromatic carbocycles. The third-order valence-electron chi connectivity index (χ3n) is 2.66. The quantitative estimate of drug-likeness (QED) is 0.739. The summed E-state index contributed by atoms with van der Waals surface area (Å²) < 4.78 is 0. The number of halogens is 3. The first-order chi connectivity index (χ1) is 6.93. The lowest BCUT2D eigenvalue weighted by molar-refractivity contribution is -0.116. The van der Waals surface area contributed by atoms with Crippen LogP contribution >= 0.6 is 34.8 Å². The normalized spacial score (nSPS) is 14.7. The predicted octanol–water partition coefficient (Wildman–Crippen LogP) is 4.43. The monoisotopic (exact) mass is 264 g/mol.